The molecule has 0 saturated carbocycles. The average molecular weight is 450 g/mol. The van der Waals surface area contributed by atoms with Crippen LogP contribution in [0.3, 0.4) is 0 Å². The summed E-state index contributed by atoms with van der Waals surface area (Å²) in [5, 5.41) is 0. The molecule has 1 aromatic heterocycles. The molecule has 8 heteroatoms. The zero-order valence-electron chi connectivity index (χ0n) is 14.6. The first-order valence-corrected chi connectivity index (χ1v) is 9.36. The Labute approximate surface area is 167 Å². The van der Waals surface area contributed by atoms with E-state index in [9.17, 15) is 18.0 Å². The highest BCUT2D eigenvalue weighted by atomic mass is 79.9. The average Bonchev–Trinajstić information content (AvgIpc) is 2.98. The van der Waals surface area contributed by atoms with Crippen LogP contribution in [0.15, 0.2) is 59.3 Å². The SMILES string of the molecule is O=C1Cn2c(Br)nc(-c3ccccc3)c2CN1Cc1cccc(C(F)(F)F)c1. The zero-order chi connectivity index (χ0) is 19.9. The molecule has 1 aliphatic rings. The van der Waals surface area contributed by atoms with Gasteiger partial charge in [-0.05, 0) is 33.6 Å². The lowest BCUT2D eigenvalue weighted by atomic mass is 10.1. The van der Waals surface area contributed by atoms with Gasteiger partial charge in [0.2, 0.25) is 5.91 Å². The third kappa shape index (κ3) is 3.56. The van der Waals surface area contributed by atoms with Crippen LogP contribution in [0, 0.1) is 0 Å². The van der Waals surface area contributed by atoms with E-state index in [4.69, 9.17) is 0 Å². The molecule has 0 N–H and O–H groups in total. The number of carbonyl (C=O) groups excluding carboxylic acids is 1. The van der Waals surface area contributed by atoms with Crippen LogP contribution in [0.4, 0.5) is 13.2 Å². The van der Waals surface area contributed by atoms with Gasteiger partial charge < -0.3 is 9.47 Å². The van der Waals surface area contributed by atoms with Gasteiger partial charge in [-0.15, -0.1) is 0 Å². The minimum Gasteiger partial charge on any atom is -0.331 e. The predicted molar refractivity (Wildman–Crippen MR) is 101 cm³/mol. The molecule has 1 amide bonds. The van der Waals surface area contributed by atoms with Crippen molar-refractivity contribution in [3.05, 3.63) is 76.2 Å². The predicted octanol–water partition coefficient (Wildman–Crippen LogP) is 4.87. The van der Waals surface area contributed by atoms with Crippen LogP contribution in [0.25, 0.3) is 11.3 Å². The fourth-order valence-electron chi connectivity index (χ4n) is 3.32. The van der Waals surface area contributed by atoms with E-state index in [-0.39, 0.29) is 25.5 Å². The standard InChI is InChI=1S/C20H15BrF3N3O/c21-19-25-18(14-6-2-1-3-7-14)16-11-26(17(28)12-27(16)19)10-13-5-4-8-15(9-13)20(22,23)24/h1-9H,10-12H2. The van der Waals surface area contributed by atoms with E-state index in [0.29, 0.717) is 10.3 Å². The fraction of sp³-hybridized carbons (Fsp3) is 0.200. The van der Waals surface area contributed by atoms with E-state index in [1.165, 1.54) is 6.07 Å². The summed E-state index contributed by atoms with van der Waals surface area (Å²) in [6.45, 7) is 0.479. The number of alkyl halides is 3. The van der Waals surface area contributed by atoms with E-state index < -0.39 is 11.7 Å². The van der Waals surface area contributed by atoms with Crippen LogP contribution in [0.1, 0.15) is 16.8 Å². The van der Waals surface area contributed by atoms with Crippen molar-refractivity contribution in [3.8, 4) is 11.3 Å². The van der Waals surface area contributed by atoms with Crippen molar-refractivity contribution in [2.75, 3.05) is 0 Å². The van der Waals surface area contributed by atoms with Crippen molar-refractivity contribution < 1.29 is 18.0 Å². The fourth-order valence-corrected chi connectivity index (χ4v) is 3.84. The molecule has 0 fully saturated rings. The Morgan fingerprint density at radius 1 is 1.04 bits per heavy atom. The third-order valence-corrected chi connectivity index (χ3v) is 5.29. The number of hydrogen-bond donors (Lipinski definition) is 0. The van der Waals surface area contributed by atoms with Crippen LogP contribution >= 0.6 is 15.9 Å². The Balaban J connectivity index is 1.64. The van der Waals surface area contributed by atoms with Gasteiger partial charge in [-0.25, -0.2) is 4.98 Å². The Kier molecular flexibility index (Phi) is 4.74. The van der Waals surface area contributed by atoms with E-state index in [1.54, 1.807) is 15.5 Å². The van der Waals surface area contributed by atoms with Gasteiger partial charge in [0.1, 0.15) is 6.54 Å². The quantitative estimate of drug-likeness (QED) is 0.571. The van der Waals surface area contributed by atoms with E-state index in [1.807, 2.05) is 30.3 Å². The first-order chi connectivity index (χ1) is 13.3. The molecular weight excluding hydrogens is 435 g/mol. The summed E-state index contributed by atoms with van der Waals surface area (Å²) < 4.78 is 41.3. The molecule has 2 aromatic carbocycles. The summed E-state index contributed by atoms with van der Waals surface area (Å²) in [5.41, 5.74) is 2.26. The van der Waals surface area contributed by atoms with E-state index in [2.05, 4.69) is 20.9 Å². The lowest BCUT2D eigenvalue weighted by Gasteiger charge is -2.29. The number of rotatable bonds is 3. The van der Waals surface area contributed by atoms with Gasteiger partial charge >= 0.3 is 6.18 Å². The van der Waals surface area contributed by atoms with E-state index in [0.717, 1.165) is 29.1 Å². The number of fused-ring (bicyclic) bond motifs is 1. The van der Waals surface area contributed by atoms with Gasteiger partial charge in [-0.3, -0.25) is 4.79 Å². The molecule has 1 aliphatic heterocycles. The summed E-state index contributed by atoms with van der Waals surface area (Å²) in [6.07, 6.45) is -4.41. The number of nitrogens with zero attached hydrogens (tertiary/aromatic N) is 3. The van der Waals surface area contributed by atoms with Crippen molar-refractivity contribution in [1.29, 1.82) is 0 Å². The molecule has 0 aliphatic carbocycles. The van der Waals surface area contributed by atoms with Gasteiger partial charge in [0.25, 0.3) is 0 Å². The zero-order valence-corrected chi connectivity index (χ0v) is 16.2. The van der Waals surface area contributed by atoms with Gasteiger partial charge in [0.15, 0.2) is 4.73 Å². The van der Waals surface area contributed by atoms with Crippen molar-refractivity contribution in [2.24, 2.45) is 0 Å². The molecule has 0 bridgehead atoms. The molecule has 4 rings (SSSR count). The Hall–Kier alpha value is -2.61. The largest absolute Gasteiger partial charge is 0.416 e. The van der Waals surface area contributed by atoms with Gasteiger partial charge in [-0.2, -0.15) is 13.2 Å². The second kappa shape index (κ2) is 7.09. The lowest BCUT2D eigenvalue weighted by molar-refractivity contribution is -0.137. The second-order valence-corrected chi connectivity index (χ2v) is 7.29. The Bertz CT molecular complexity index is 1030. The minimum absolute atomic E-state index is 0.0920. The highest BCUT2D eigenvalue weighted by Crippen LogP contribution is 2.32. The molecule has 28 heavy (non-hydrogen) atoms. The molecule has 0 spiro atoms. The smallest absolute Gasteiger partial charge is 0.331 e. The minimum atomic E-state index is -4.41. The summed E-state index contributed by atoms with van der Waals surface area (Å²) in [6, 6.07) is 14.7. The molecule has 0 radical (unpaired) electrons. The molecular formula is C20H15BrF3N3O. The topological polar surface area (TPSA) is 38.1 Å². The molecule has 144 valence electrons. The maximum absolute atomic E-state index is 13.0. The third-order valence-electron chi connectivity index (χ3n) is 4.69. The number of halogens is 4. The highest BCUT2D eigenvalue weighted by Gasteiger charge is 2.32. The Morgan fingerprint density at radius 2 is 1.79 bits per heavy atom. The molecule has 4 nitrogen and oxygen atoms in total. The van der Waals surface area contributed by atoms with Crippen LogP contribution in [-0.4, -0.2) is 20.4 Å². The number of benzene rings is 2. The van der Waals surface area contributed by atoms with Gasteiger partial charge in [0, 0.05) is 12.1 Å². The van der Waals surface area contributed by atoms with Gasteiger partial charge in [0.05, 0.1) is 23.5 Å². The van der Waals surface area contributed by atoms with Crippen molar-refractivity contribution in [1.82, 2.24) is 14.5 Å². The van der Waals surface area contributed by atoms with Crippen molar-refractivity contribution in [3.63, 3.8) is 0 Å². The van der Waals surface area contributed by atoms with Crippen LogP contribution in [0.2, 0.25) is 0 Å². The molecule has 0 saturated heterocycles. The number of aromatic nitrogens is 2. The second-order valence-electron chi connectivity index (χ2n) is 6.58. The highest BCUT2D eigenvalue weighted by molar-refractivity contribution is 9.10. The van der Waals surface area contributed by atoms with E-state index >= 15 is 0 Å². The summed E-state index contributed by atoms with van der Waals surface area (Å²) in [4.78, 5) is 18.7. The monoisotopic (exact) mass is 449 g/mol. The Morgan fingerprint density at radius 3 is 2.50 bits per heavy atom. The van der Waals surface area contributed by atoms with Crippen LogP contribution in [-0.2, 0) is 30.6 Å². The number of imidazole rings is 1. The number of amides is 1. The van der Waals surface area contributed by atoms with Crippen molar-refractivity contribution in [2.45, 2.75) is 25.8 Å². The van der Waals surface area contributed by atoms with Crippen molar-refractivity contribution >= 4 is 21.8 Å². The molecule has 0 unspecified atom stereocenters. The maximum atomic E-state index is 13.0. The first kappa shape index (κ1) is 18.7. The number of hydrogen-bond acceptors (Lipinski definition) is 2. The molecule has 2 heterocycles. The normalized spacial score (nSPS) is 14.3. The first-order valence-electron chi connectivity index (χ1n) is 8.57. The lowest BCUT2D eigenvalue weighted by Crippen LogP contribution is -2.38. The summed E-state index contributed by atoms with van der Waals surface area (Å²) in [7, 11) is 0. The summed E-state index contributed by atoms with van der Waals surface area (Å²) in [5.74, 6) is -0.164. The van der Waals surface area contributed by atoms with Gasteiger partial charge in [-0.1, -0.05) is 42.5 Å². The number of carbonyl (C=O) groups is 1. The summed E-state index contributed by atoms with van der Waals surface area (Å²) >= 11 is 3.40. The molecule has 3 aromatic rings. The maximum Gasteiger partial charge on any atom is 0.416 e. The van der Waals surface area contributed by atoms with Crippen LogP contribution < -0.4 is 0 Å². The molecule has 0 atom stereocenters. The van der Waals surface area contributed by atoms with Crippen LogP contribution in [0.5, 0.6) is 0 Å².